The van der Waals surface area contributed by atoms with E-state index in [0.29, 0.717) is 27.6 Å². The molecule has 0 N–H and O–H groups in total. The van der Waals surface area contributed by atoms with Gasteiger partial charge in [-0.1, -0.05) is 53.2 Å². The van der Waals surface area contributed by atoms with E-state index in [1.807, 2.05) is 25.1 Å². The normalized spacial score (nSPS) is 13.0. The van der Waals surface area contributed by atoms with Crippen LogP contribution in [0.2, 0.25) is 5.02 Å². The van der Waals surface area contributed by atoms with Gasteiger partial charge in [-0.15, -0.1) is 0 Å². The Morgan fingerprint density at radius 2 is 1.72 bits per heavy atom. The Morgan fingerprint density at radius 1 is 1.04 bits per heavy atom. The fourth-order valence-electron chi connectivity index (χ4n) is 2.88. The van der Waals surface area contributed by atoms with Crippen molar-refractivity contribution >= 4 is 21.4 Å². The summed E-state index contributed by atoms with van der Waals surface area (Å²) < 4.78 is 32.2. The van der Waals surface area contributed by atoms with E-state index in [0.717, 1.165) is 5.56 Å². The van der Waals surface area contributed by atoms with Crippen LogP contribution in [0.4, 0.5) is 0 Å². The highest BCUT2D eigenvalue weighted by atomic mass is 35.5. The van der Waals surface area contributed by atoms with Gasteiger partial charge >= 0.3 is 0 Å². The van der Waals surface area contributed by atoms with Crippen molar-refractivity contribution < 1.29 is 12.9 Å². The first kappa shape index (κ1) is 17.7. The number of hydrogen-bond donors (Lipinski definition) is 0. The van der Waals surface area contributed by atoms with E-state index in [2.05, 4.69) is 5.16 Å². The highest BCUT2D eigenvalue weighted by Gasteiger charge is 2.35. The van der Waals surface area contributed by atoms with Crippen LogP contribution in [-0.4, -0.2) is 13.6 Å². The quantitative estimate of drug-likeness (QED) is 0.656. The average Bonchev–Trinajstić information content (AvgIpc) is 2.90. The Balaban J connectivity index is 2.26. The second kappa shape index (κ2) is 6.65. The van der Waals surface area contributed by atoms with Crippen molar-refractivity contribution in [2.24, 2.45) is 0 Å². The first-order chi connectivity index (χ1) is 11.8. The highest BCUT2D eigenvalue weighted by molar-refractivity contribution is 7.92. The third-order valence-corrected chi connectivity index (χ3v) is 6.68. The standard InChI is InChI=1S/C19H18ClNO3S/c1-12-9-10-16(11-17(12)20)25(22,23)19(15-7-5-4-6-8-15)18-13(2)21-24-14(18)3/h4-11,19H,1-3H3. The summed E-state index contributed by atoms with van der Waals surface area (Å²) in [6.45, 7) is 5.31. The topological polar surface area (TPSA) is 60.2 Å². The van der Waals surface area contributed by atoms with Crippen molar-refractivity contribution in [1.82, 2.24) is 5.16 Å². The molecule has 0 bridgehead atoms. The van der Waals surface area contributed by atoms with E-state index in [1.54, 1.807) is 38.1 Å². The Labute approximate surface area is 152 Å². The lowest BCUT2D eigenvalue weighted by Gasteiger charge is -2.19. The van der Waals surface area contributed by atoms with Crippen LogP contribution in [-0.2, 0) is 9.84 Å². The molecule has 3 rings (SSSR count). The Morgan fingerprint density at radius 3 is 2.28 bits per heavy atom. The Bertz CT molecular complexity index is 991. The first-order valence-corrected chi connectivity index (χ1v) is 9.72. The molecule has 130 valence electrons. The van der Waals surface area contributed by atoms with E-state index < -0.39 is 15.1 Å². The molecule has 0 saturated carbocycles. The first-order valence-electron chi connectivity index (χ1n) is 7.80. The van der Waals surface area contributed by atoms with Gasteiger partial charge in [-0.3, -0.25) is 0 Å². The van der Waals surface area contributed by atoms with Gasteiger partial charge < -0.3 is 4.52 Å². The molecule has 1 aromatic heterocycles. The number of aromatic nitrogens is 1. The maximum Gasteiger partial charge on any atom is 0.189 e. The molecule has 2 aromatic carbocycles. The molecule has 0 aliphatic rings. The SMILES string of the molecule is Cc1ccc(S(=O)(=O)C(c2ccccc2)c2c(C)noc2C)cc1Cl. The number of nitrogens with zero attached hydrogens (tertiary/aromatic N) is 1. The van der Waals surface area contributed by atoms with E-state index in [9.17, 15) is 8.42 Å². The van der Waals surface area contributed by atoms with Gasteiger partial charge in [0.25, 0.3) is 0 Å². The van der Waals surface area contributed by atoms with Gasteiger partial charge in [-0.2, -0.15) is 0 Å². The minimum Gasteiger partial charge on any atom is -0.361 e. The Hall–Kier alpha value is -2.11. The molecule has 25 heavy (non-hydrogen) atoms. The molecule has 4 nitrogen and oxygen atoms in total. The van der Waals surface area contributed by atoms with Crippen LogP contribution in [0, 0.1) is 20.8 Å². The van der Waals surface area contributed by atoms with E-state index >= 15 is 0 Å². The number of hydrogen-bond acceptors (Lipinski definition) is 4. The summed E-state index contributed by atoms with van der Waals surface area (Å²) in [5, 5.41) is 3.45. The fourth-order valence-corrected chi connectivity index (χ4v) is 5.10. The minimum atomic E-state index is -3.75. The molecule has 1 unspecified atom stereocenters. The maximum absolute atomic E-state index is 13.5. The minimum absolute atomic E-state index is 0.178. The summed E-state index contributed by atoms with van der Waals surface area (Å²) in [5.74, 6) is 0.494. The van der Waals surface area contributed by atoms with Gasteiger partial charge in [0.1, 0.15) is 11.0 Å². The molecule has 6 heteroatoms. The summed E-state index contributed by atoms with van der Waals surface area (Å²) in [4.78, 5) is 0.178. The summed E-state index contributed by atoms with van der Waals surface area (Å²) in [5.41, 5.74) is 2.62. The zero-order valence-electron chi connectivity index (χ0n) is 14.2. The molecule has 0 fully saturated rings. The molecule has 0 aliphatic heterocycles. The molecule has 0 saturated heterocycles. The van der Waals surface area contributed by atoms with Crippen molar-refractivity contribution in [3.8, 4) is 0 Å². The van der Waals surface area contributed by atoms with Crippen molar-refractivity contribution in [2.45, 2.75) is 30.9 Å². The number of sulfone groups is 1. The van der Waals surface area contributed by atoms with Crippen molar-refractivity contribution in [3.63, 3.8) is 0 Å². The maximum atomic E-state index is 13.5. The van der Waals surface area contributed by atoms with Crippen LogP contribution >= 0.6 is 11.6 Å². The monoisotopic (exact) mass is 375 g/mol. The van der Waals surface area contributed by atoms with Crippen LogP contribution in [0.3, 0.4) is 0 Å². The summed E-state index contributed by atoms with van der Waals surface area (Å²) >= 11 is 6.16. The van der Waals surface area contributed by atoms with Crippen LogP contribution in [0.5, 0.6) is 0 Å². The smallest absolute Gasteiger partial charge is 0.189 e. The molecule has 3 aromatic rings. The van der Waals surface area contributed by atoms with Crippen LogP contribution in [0.1, 0.15) is 33.4 Å². The third kappa shape index (κ3) is 3.22. The highest BCUT2D eigenvalue weighted by Crippen LogP contribution is 2.38. The summed E-state index contributed by atoms with van der Waals surface area (Å²) in [7, 11) is -3.75. The van der Waals surface area contributed by atoms with Gasteiger partial charge in [0.05, 0.1) is 10.6 Å². The van der Waals surface area contributed by atoms with Gasteiger partial charge in [0.15, 0.2) is 9.84 Å². The molecular weight excluding hydrogens is 358 g/mol. The number of benzene rings is 2. The lowest BCUT2D eigenvalue weighted by molar-refractivity contribution is 0.392. The fraction of sp³-hybridized carbons (Fsp3) is 0.211. The molecule has 0 radical (unpaired) electrons. The predicted molar refractivity (Wildman–Crippen MR) is 97.6 cm³/mol. The van der Waals surface area contributed by atoms with Crippen molar-refractivity contribution in [1.29, 1.82) is 0 Å². The molecular formula is C19H18ClNO3S. The Kier molecular flexibility index (Phi) is 4.71. The van der Waals surface area contributed by atoms with Crippen LogP contribution < -0.4 is 0 Å². The van der Waals surface area contributed by atoms with Crippen LogP contribution in [0.15, 0.2) is 57.9 Å². The summed E-state index contributed by atoms with van der Waals surface area (Å²) in [6, 6.07) is 13.9. The van der Waals surface area contributed by atoms with Crippen molar-refractivity contribution in [2.75, 3.05) is 0 Å². The lowest BCUT2D eigenvalue weighted by Crippen LogP contribution is -2.16. The van der Waals surface area contributed by atoms with Gasteiger partial charge in [0, 0.05) is 10.6 Å². The molecule has 0 amide bonds. The zero-order valence-corrected chi connectivity index (χ0v) is 15.7. The number of aryl methyl sites for hydroxylation is 3. The van der Waals surface area contributed by atoms with Crippen LogP contribution in [0.25, 0.3) is 0 Å². The third-order valence-electron chi connectivity index (χ3n) is 4.24. The molecule has 0 aliphatic carbocycles. The van der Waals surface area contributed by atoms with E-state index in [-0.39, 0.29) is 4.90 Å². The van der Waals surface area contributed by atoms with Gasteiger partial charge in [0.2, 0.25) is 0 Å². The van der Waals surface area contributed by atoms with Crippen molar-refractivity contribution in [3.05, 3.63) is 81.7 Å². The predicted octanol–water partition coefficient (Wildman–Crippen LogP) is 4.82. The number of halogens is 1. The van der Waals surface area contributed by atoms with E-state index in [4.69, 9.17) is 16.1 Å². The van der Waals surface area contributed by atoms with E-state index in [1.165, 1.54) is 6.07 Å². The molecule has 0 spiro atoms. The van der Waals surface area contributed by atoms with Gasteiger partial charge in [-0.05, 0) is 44.0 Å². The summed E-state index contributed by atoms with van der Waals surface area (Å²) in [6.07, 6.45) is 0. The average molecular weight is 376 g/mol. The zero-order chi connectivity index (χ0) is 18.2. The van der Waals surface area contributed by atoms with Gasteiger partial charge in [-0.25, -0.2) is 8.42 Å². The largest absolute Gasteiger partial charge is 0.361 e. The number of rotatable bonds is 4. The second-order valence-electron chi connectivity index (χ2n) is 5.98. The molecule has 1 heterocycles. The second-order valence-corrected chi connectivity index (χ2v) is 8.42. The lowest BCUT2D eigenvalue weighted by atomic mass is 10.0. The molecule has 1 atom stereocenters.